The van der Waals surface area contributed by atoms with Crippen molar-refractivity contribution in [2.75, 3.05) is 44.3 Å². The predicted molar refractivity (Wildman–Crippen MR) is 122 cm³/mol. The summed E-state index contributed by atoms with van der Waals surface area (Å²) in [6.07, 6.45) is 5.21. The van der Waals surface area contributed by atoms with Crippen LogP contribution in [0, 0.1) is 0 Å². The molecular formula is C25H40N2O2. The van der Waals surface area contributed by atoms with E-state index in [2.05, 4.69) is 67.8 Å². The second kappa shape index (κ2) is 9.20. The summed E-state index contributed by atoms with van der Waals surface area (Å²) in [6, 6.07) is 9.58. The Morgan fingerprint density at radius 1 is 1.10 bits per heavy atom. The van der Waals surface area contributed by atoms with Crippen LogP contribution < -0.4 is 4.90 Å². The van der Waals surface area contributed by atoms with Gasteiger partial charge in [0.2, 0.25) is 0 Å². The molecule has 2 fully saturated rings. The number of aliphatic hydroxyl groups is 1. The summed E-state index contributed by atoms with van der Waals surface area (Å²) in [4.78, 5) is 4.97. The van der Waals surface area contributed by atoms with Gasteiger partial charge in [0, 0.05) is 37.9 Å². The Morgan fingerprint density at radius 3 is 2.24 bits per heavy atom. The maximum Gasteiger partial charge on any atom is 0.0644 e. The fourth-order valence-electron chi connectivity index (χ4n) is 4.60. The minimum Gasteiger partial charge on any atom is -0.390 e. The second-order valence-corrected chi connectivity index (χ2v) is 10.1. The minimum atomic E-state index is -0.503. The zero-order valence-corrected chi connectivity index (χ0v) is 19.1. The molecule has 4 nitrogen and oxygen atoms in total. The van der Waals surface area contributed by atoms with E-state index >= 15 is 0 Å². The second-order valence-electron chi connectivity index (χ2n) is 10.1. The number of nitrogens with zero attached hydrogens (tertiary/aromatic N) is 2. The van der Waals surface area contributed by atoms with Gasteiger partial charge in [-0.05, 0) is 63.1 Å². The van der Waals surface area contributed by atoms with E-state index in [1.807, 2.05) is 6.92 Å². The Labute approximate surface area is 177 Å². The number of likely N-dealkylation sites (tertiary alicyclic amines) is 1. The van der Waals surface area contributed by atoms with Crippen LogP contribution >= 0.6 is 0 Å². The van der Waals surface area contributed by atoms with Gasteiger partial charge >= 0.3 is 0 Å². The van der Waals surface area contributed by atoms with Gasteiger partial charge in [-0.1, -0.05) is 37.6 Å². The normalized spacial score (nSPS) is 21.7. The quantitative estimate of drug-likeness (QED) is 0.719. The van der Waals surface area contributed by atoms with Crippen LogP contribution in [0.15, 0.2) is 35.9 Å². The highest BCUT2D eigenvalue weighted by atomic mass is 16.5. The number of ether oxygens (including phenoxy) is 1. The van der Waals surface area contributed by atoms with Crippen molar-refractivity contribution in [1.29, 1.82) is 0 Å². The average Bonchev–Trinajstić information content (AvgIpc) is 2.68. The lowest BCUT2D eigenvalue weighted by molar-refractivity contribution is -0.0140. The van der Waals surface area contributed by atoms with E-state index in [-0.39, 0.29) is 5.41 Å². The Morgan fingerprint density at radius 2 is 1.69 bits per heavy atom. The summed E-state index contributed by atoms with van der Waals surface area (Å²) >= 11 is 0. The van der Waals surface area contributed by atoms with Gasteiger partial charge in [-0.15, -0.1) is 0 Å². The third-order valence-electron chi connectivity index (χ3n) is 6.61. The smallest absolute Gasteiger partial charge is 0.0644 e. The molecule has 0 saturated carbocycles. The molecule has 29 heavy (non-hydrogen) atoms. The van der Waals surface area contributed by atoms with E-state index in [1.165, 1.54) is 16.8 Å². The first-order chi connectivity index (χ1) is 13.7. The highest BCUT2D eigenvalue weighted by molar-refractivity contribution is 5.49. The van der Waals surface area contributed by atoms with Gasteiger partial charge in [0.25, 0.3) is 0 Å². The molecule has 2 heterocycles. The lowest BCUT2D eigenvalue weighted by atomic mass is 9.78. The molecule has 0 radical (unpaired) electrons. The van der Waals surface area contributed by atoms with Crippen LogP contribution in [0.5, 0.6) is 0 Å². The molecule has 0 aromatic heterocycles. The van der Waals surface area contributed by atoms with E-state index < -0.39 is 5.60 Å². The summed E-state index contributed by atoms with van der Waals surface area (Å²) < 4.78 is 5.48. The van der Waals surface area contributed by atoms with E-state index in [9.17, 15) is 5.11 Å². The largest absolute Gasteiger partial charge is 0.390 e. The minimum absolute atomic E-state index is 0.0835. The first kappa shape index (κ1) is 22.3. The van der Waals surface area contributed by atoms with E-state index in [1.54, 1.807) is 0 Å². The van der Waals surface area contributed by atoms with E-state index in [0.717, 1.165) is 58.7 Å². The zero-order chi connectivity index (χ0) is 21.1. The summed E-state index contributed by atoms with van der Waals surface area (Å²) in [6.45, 7) is 16.6. The maximum atomic E-state index is 10.3. The van der Waals surface area contributed by atoms with E-state index in [0.29, 0.717) is 6.04 Å². The topological polar surface area (TPSA) is 35.9 Å². The van der Waals surface area contributed by atoms with Crippen LogP contribution in [0.3, 0.4) is 0 Å². The average molecular weight is 401 g/mol. The molecule has 2 aliphatic heterocycles. The van der Waals surface area contributed by atoms with Gasteiger partial charge in [0.1, 0.15) is 0 Å². The summed E-state index contributed by atoms with van der Waals surface area (Å²) in [5.74, 6) is 0. The molecule has 1 unspecified atom stereocenters. The Bertz CT molecular complexity index is 673. The van der Waals surface area contributed by atoms with Crippen molar-refractivity contribution in [3.8, 4) is 0 Å². The van der Waals surface area contributed by atoms with Gasteiger partial charge in [-0.25, -0.2) is 0 Å². The molecule has 0 bridgehead atoms. The Balaban J connectivity index is 1.71. The molecule has 0 spiro atoms. The maximum absolute atomic E-state index is 10.3. The summed E-state index contributed by atoms with van der Waals surface area (Å²) in [5.41, 5.74) is 3.64. The van der Waals surface area contributed by atoms with Crippen LogP contribution in [-0.4, -0.2) is 61.0 Å². The van der Waals surface area contributed by atoms with Crippen molar-refractivity contribution in [1.82, 2.24) is 4.90 Å². The van der Waals surface area contributed by atoms with Crippen molar-refractivity contribution in [3.05, 3.63) is 41.5 Å². The number of anilines is 1. The van der Waals surface area contributed by atoms with Crippen molar-refractivity contribution in [3.63, 3.8) is 0 Å². The fourth-order valence-corrected chi connectivity index (χ4v) is 4.60. The van der Waals surface area contributed by atoms with Crippen LogP contribution in [0.4, 0.5) is 5.69 Å². The lowest BCUT2D eigenvalue weighted by Crippen LogP contribution is -2.48. The molecule has 0 aliphatic carbocycles. The van der Waals surface area contributed by atoms with Crippen LogP contribution in [-0.2, 0) is 10.2 Å². The first-order valence-corrected chi connectivity index (χ1v) is 11.2. The summed E-state index contributed by atoms with van der Waals surface area (Å²) in [5, 5.41) is 10.3. The molecule has 2 aliphatic rings. The van der Waals surface area contributed by atoms with Gasteiger partial charge in [0.15, 0.2) is 0 Å². The van der Waals surface area contributed by atoms with Crippen molar-refractivity contribution in [2.24, 2.45) is 0 Å². The van der Waals surface area contributed by atoms with Gasteiger partial charge in [-0.2, -0.15) is 0 Å². The number of hydrogen-bond donors (Lipinski definition) is 1. The number of rotatable bonds is 6. The standard InChI is InChI=1S/C25H40N2O2/c1-20(2)18-23(26-12-10-25(5,28)11-13-26)19-24(3,4)21-6-8-22(9-7-21)27-14-16-29-17-15-27/h6-9,18,23,28H,10-17,19H2,1-5H3. The van der Waals surface area contributed by atoms with Crippen LogP contribution in [0.2, 0.25) is 0 Å². The van der Waals surface area contributed by atoms with Crippen molar-refractivity contribution in [2.45, 2.75) is 70.9 Å². The first-order valence-electron chi connectivity index (χ1n) is 11.2. The number of piperidine rings is 1. The number of allylic oxidation sites excluding steroid dienone is 1. The van der Waals surface area contributed by atoms with Gasteiger partial charge in [0.05, 0.1) is 18.8 Å². The third kappa shape index (κ3) is 6.07. The molecule has 1 aromatic carbocycles. The van der Waals surface area contributed by atoms with Crippen molar-refractivity contribution >= 4 is 5.69 Å². The zero-order valence-electron chi connectivity index (χ0n) is 19.1. The third-order valence-corrected chi connectivity index (χ3v) is 6.61. The molecule has 162 valence electrons. The predicted octanol–water partition coefficient (Wildman–Crippen LogP) is 4.37. The SMILES string of the molecule is CC(C)=CC(CC(C)(C)c1ccc(N2CCOCC2)cc1)N1CCC(C)(O)CC1. The van der Waals surface area contributed by atoms with E-state index in [4.69, 9.17) is 4.74 Å². The van der Waals surface area contributed by atoms with Gasteiger partial charge in [-0.3, -0.25) is 4.90 Å². The highest BCUT2D eigenvalue weighted by Crippen LogP contribution is 2.34. The highest BCUT2D eigenvalue weighted by Gasteiger charge is 2.33. The molecule has 3 rings (SSSR count). The molecule has 1 atom stereocenters. The van der Waals surface area contributed by atoms with Gasteiger partial charge < -0.3 is 14.7 Å². The molecule has 4 heteroatoms. The molecular weight excluding hydrogens is 360 g/mol. The fraction of sp³-hybridized carbons (Fsp3) is 0.680. The Kier molecular flexibility index (Phi) is 7.08. The van der Waals surface area contributed by atoms with Crippen molar-refractivity contribution < 1.29 is 9.84 Å². The number of morpholine rings is 1. The Hall–Kier alpha value is -1.36. The molecule has 0 amide bonds. The molecule has 1 N–H and O–H groups in total. The summed E-state index contributed by atoms with van der Waals surface area (Å²) in [7, 11) is 0. The number of hydrogen-bond acceptors (Lipinski definition) is 4. The molecule has 1 aromatic rings. The van der Waals surface area contributed by atoms with Crippen LogP contribution in [0.25, 0.3) is 0 Å². The number of benzene rings is 1. The lowest BCUT2D eigenvalue weighted by Gasteiger charge is -2.42. The molecule has 2 saturated heterocycles. The monoisotopic (exact) mass is 400 g/mol. The van der Waals surface area contributed by atoms with Crippen LogP contribution in [0.1, 0.15) is 59.4 Å².